The standard InChI is InChI=1S/C21H28N4O3/c1-3-22-21(23-16-17-7-5-8-18(15-17)27-4-2)25-12-10-24(11-13-25)20(26)19-9-6-14-28-19/h5-9,14-15H,3-4,10-13,16H2,1-2H3,(H,22,23). The Morgan fingerprint density at radius 2 is 1.93 bits per heavy atom. The maximum Gasteiger partial charge on any atom is 0.289 e. The number of amides is 1. The lowest BCUT2D eigenvalue weighted by Gasteiger charge is -2.36. The highest BCUT2D eigenvalue weighted by atomic mass is 16.5. The van der Waals surface area contributed by atoms with Crippen LogP contribution in [0, 0.1) is 0 Å². The molecule has 1 fully saturated rings. The van der Waals surface area contributed by atoms with Crippen molar-refractivity contribution >= 4 is 11.9 Å². The maximum atomic E-state index is 12.4. The molecule has 1 aliphatic rings. The van der Waals surface area contributed by atoms with Crippen molar-refractivity contribution in [3.63, 3.8) is 0 Å². The molecule has 1 saturated heterocycles. The molecular weight excluding hydrogens is 356 g/mol. The van der Waals surface area contributed by atoms with Gasteiger partial charge in [-0.1, -0.05) is 12.1 Å². The molecule has 0 unspecified atom stereocenters. The molecule has 0 bridgehead atoms. The zero-order valence-electron chi connectivity index (χ0n) is 16.6. The molecule has 150 valence electrons. The van der Waals surface area contributed by atoms with Crippen molar-refractivity contribution < 1.29 is 13.9 Å². The molecule has 1 amide bonds. The molecule has 28 heavy (non-hydrogen) atoms. The summed E-state index contributed by atoms with van der Waals surface area (Å²) in [7, 11) is 0. The van der Waals surface area contributed by atoms with E-state index in [0.717, 1.165) is 36.9 Å². The SMILES string of the molecule is CCNC(=NCc1cccc(OCC)c1)N1CCN(C(=O)c2ccco2)CC1. The minimum Gasteiger partial charge on any atom is -0.494 e. The minimum atomic E-state index is -0.0562. The molecule has 0 radical (unpaired) electrons. The van der Waals surface area contributed by atoms with E-state index in [-0.39, 0.29) is 5.91 Å². The van der Waals surface area contributed by atoms with Gasteiger partial charge in [0.15, 0.2) is 11.7 Å². The van der Waals surface area contributed by atoms with Crippen LogP contribution in [0.1, 0.15) is 30.0 Å². The number of piperazine rings is 1. The Bertz CT molecular complexity index is 781. The summed E-state index contributed by atoms with van der Waals surface area (Å²) in [6.45, 7) is 8.81. The van der Waals surface area contributed by atoms with E-state index in [2.05, 4.69) is 23.2 Å². The van der Waals surface area contributed by atoms with Crippen LogP contribution in [-0.2, 0) is 6.54 Å². The van der Waals surface area contributed by atoms with Crippen LogP contribution in [-0.4, -0.2) is 61.0 Å². The second-order valence-electron chi connectivity index (χ2n) is 6.51. The van der Waals surface area contributed by atoms with Crippen molar-refractivity contribution in [1.29, 1.82) is 0 Å². The number of furan rings is 1. The molecule has 0 aliphatic carbocycles. The predicted octanol–water partition coefficient (Wildman–Crippen LogP) is 2.60. The summed E-state index contributed by atoms with van der Waals surface area (Å²) in [5.41, 5.74) is 1.10. The highest BCUT2D eigenvalue weighted by Crippen LogP contribution is 2.15. The highest BCUT2D eigenvalue weighted by Gasteiger charge is 2.25. The van der Waals surface area contributed by atoms with Gasteiger partial charge in [-0.15, -0.1) is 0 Å². The number of hydrogen-bond acceptors (Lipinski definition) is 4. The predicted molar refractivity (Wildman–Crippen MR) is 109 cm³/mol. The summed E-state index contributed by atoms with van der Waals surface area (Å²) in [6, 6.07) is 11.5. The molecule has 1 N–H and O–H groups in total. The molecule has 2 heterocycles. The monoisotopic (exact) mass is 384 g/mol. The fourth-order valence-electron chi connectivity index (χ4n) is 3.17. The third-order valence-corrected chi connectivity index (χ3v) is 4.55. The number of rotatable bonds is 6. The van der Waals surface area contributed by atoms with E-state index in [1.807, 2.05) is 30.0 Å². The summed E-state index contributed by atoms with van der Waals surface area (Å²) < 4.78 is 10.8. The van der Waals surface area contributed by atoms with Gasteiger partial charge in [0.25, 0.3) is 5.91 Å². The van der Waals surface area contributed by atoms with Crippen molar-refractivity contribution in [3.8, 4) is 5.75 Å². The number of hydrogen-bond donors (Lipinski definition) is 1. The van der Waals surface area contributed by atoms with Gasteiger partial charge >= 0.3 is 0 Å². The van der Waals surface area contributed by atoms with Gasteiger partial charge in [-0.25, -0.2) is 4.99 Å². The van der Waals surface area contributed by atoms with Crippen molar-refractivity contribution in [2.75, 3.05) is 39.3 Å². The summed E-state index contributed by atoms with van der Waals surface area (Å²) in [4.78, 5) is 21.2. The van der Waals surface area contributed by atoms with E-state index in [9.17, 15) is 4.79 Å². The van der Waals surface area contributed by atoms with Gasteiger partial charge in [0, 0.05) is 32.7 Å². The lowest BCUT2D eigenvalue weighted by Crippen LogP contribution is -2.53. The van der Waals surface area contributed by atoms with Crippen LogP contribution in [0.2, 0.25) is 0 Å². The number of nitrogens with one attached hydrogen (secondary N) is 1. The Morgan fingerprint density at radius 3 is 2.61 bits per heavy atom. The Labute approximate surface area is 166 Å². The van der Waals surface area contributed by atoms with Crippen LogP contribution in [0.3, 0.4) is 0 Å². The highest BCUT2D eigenvalue weighted by molar-refractivity contribution is 5.91. The average Bonchev–Trinajstić information content (AvgIpc) is 3.26. The topological polar surface area (TPSA) is 70.3 Å². The third kappa shape index (κ3) is 5.06. The summed E-state index contributed by atoms with van der Waals surface area (Å²) in [5, 5.41) is 3.36. The molecule has 0 saturated carbocycles. The van der Waals surface area contributed by atoms with E-state index in [0.29, 0.717) is 32.0 Å². The summed E-state index contributed by atoms with van der Waals surface area (Å²) in [6.07, 6.45) is 1.53. The largest absolute Gasteiger partial charge is 0.494 e. The van der Waals surface area contributed by atoms with Crippen LogP contribution in [0.25, 0.3) is 0 Å². The van der Waals surface area contributed by atoms with Gasteiger partial charge < -0.3 is 24.3 Å². The Kier molecular flexibility index (Phi) is 6.94. The smallest absolute Gasteiger partial charge is 0.289 e. The number of nitrogens with zero attached hydrogens (tertiary/aromatic N) is 3. The number of aliphatic imine (C=N–C) groups is 1. The van der Waals surface area contributed by atoms with Gasteiger partial charge in [-0.05, 0) is 43.7 Å². The van der Waals surface area contributed by atoms with Crippen molar-refractivity contribution in [3.05, 3.63) is 54.0 Å². The van der Waals surface area contributed by atoms with E-state index in [4.69, 9.17) is 14.1 Å². The minimum absolute atomic E-state index is 0.0562. The first-order valence-corrected chi connectivity index (χ1v) is 9.79. The van der Waals surface area contributed by atoms with Crippen molar-refractivity contribution in [1.82, 2.24) is 15.1 Å². The first-order valence-electron chi connectivity index (χ1n) is 9.79. The first kappa shape index (κ1) is 19.8. The van der Waals surface area contributed by atoms with Crippen LogP contribution < -0.4 is 10.1 Å². The van der Waals surface area contributed by atoms with Crippen LogP contribution in [0.5, 0.6) is 5.75 Å². The molecule has 7 heteroatoms. The van der Waals surface area contributed by atoms with Gasteiger partial charge in [0.1, 0.15) is 5.75 Å². The van der Waals surface area contributed by atoms with E-state index in [1.54, 1.807) is 12.1 Å². The number of benzene rings is 1. The number of ether oxygens (including phenoxy) is 1. The number of guanidine groups is 1. The Balaban J connectivity index is 1.60. The van der Waals surface area contributed by atoms with Gasteiger partial charge in [0.05, 0.1) is 19.4 Å². The van der Waals surface area contributed by atoms with E-state index < -0.39 is 0 Å². The van der Waals surface area contributed by atoms with E-state index in [1.165, 1.54) is 6.26 Å². The first-order chi connectivity index (χ1) is 13.7. The molecule has 1 aromatic heterocycles. The lowest BCUT2D eigenvalue weighted by molar-refractivity contribution is 0.0657. The molecule has 1 aliphatic heterocycles. The van der Waals surface area contributed by atoms with Gasteiger partial charge in [0.2, 0.25) is 0 Å². The summed E-state index contributed by atoms with van der Waals surface area (Å²) in [5.74, 6) is 2.07. The van der Waals surface area contributed by atoms with Crippen molar-refractivity contribution in [2.24, 2.45) is 4.99 Å². The second kappa shape index (κ2) is 9.82. The zero-order valence-corrected chi connectivity index (χ0v) is 16.6. The molecule has 2 aromatic rings. The van der Waals surface area contributed by atoms with Gasteiger partial charge in [-0.3, -0.25) is 4.79 Å². The van der Waals surface area contributed by atoms with Gasteiger partial charge in [-0.2, -0.15) is 0 Å². The molecule has 0 spiro atoms. The molecular formula is C21H28N4O3. The Hall–Kier alpha value is -2.96. The van der Waals surface area contributed by atoms with Crippen molar-refractivity contribution in [2.45, 2.75) is 20.4 Å². The average molecular weight is 384 g/mol. The normalized spacial score (nSPS) is 14.9. The number of carbonyl (C=O) groups excluding carboxylic acids is 1. The number of carbonyl (C=O) groups is 1. The van der Waals surface area contributed by atoms with Crippen LogP contribution >= 0.6 is 0 Å². The quantitative estimate of drug-likeness (QED) is 0.612. The lowest BCUT2D eigenvalue weighted by atomic mass is 10.2. The fraction of sp³-hybridized carbons (Fsp3) is 0.429. The molecule has 0 atom stereocenters. The third-order valence-electron chi connectivity index (χ3n) is 4.55. The summed E-state index contributed by atoms with van der Waals surface area (Å²) >= 11 is 0. The molecule has 1 aromatic carbocycles. The zero-order chi connectivity index (χ0) is 19.8. The van der Waals surface area contributed by atoms with E-state index >= 15 is 0 Å². The molecule has 3 rings (SSSR count). The Morgan fingerprint density at radius 1 is 1.14 bits per heavy atom. The maximum absolute atomic E-state index is 12.4. The molecule has 7 nitrogen and oxygen atoms in total. The fourth-order valence-corrected chi connectivity index (χ4v) is 3.17. The van der Waals surface area contributed by atoms with Crippen LogP contribution in [0.4, 0.5) is 0 Å². The van der Waals surface area contributed by atoms with Crippen LogP contribution in [0.15, 0.2) is 52.1 Å². The second-order valence-corrected chi connectivity index (χ2v) is 6.51.